The van der Waals surface area contributed by atoms with E-state index in [0.717, 1.165) is 66.5 Å². The van der Waals surface area contributed by atoms with Crippen LogP contribution >= 0.6 is 0 Å². The van der Waals surface area contributed by atoms with Crippen molar-refractivity contribution in [3.05, 3.63) is 168 Å². The Kier molecular flexibility index (Phi) is 6.44. The molecule has 0 amide bonds. The lowest BCUT2D eigenvalue weighted by Gasteiger charge is -2.19. The van der Waals surface area contributed by atoms with E-state index in [1.807, 2.05) is 24.3 Å². The zero-order valence-corrected chi connectivity index (χ0v) is 26.7. The maximum Gasteiger partial charge on any atom is 0.101 e. The van der Waals surface area contributed by atoms with Gasteiger partial charge in [-0.15, -0.1) is 0 Å². The van der Waals surface area contributed by atoms with Crippen molar-refractivity contribution in [2.45, 2.75) is 6.92 Å². The van der Waals surface area contributed by atoms with Crippen molar-refractivity contribution < 1.29 is 0 Å². The minimum Gasteiger partial charge on any atom is -0.309 e. The first kappa shape index (κ1) is 28.4. The van der Waals surface area contributed by atoms with Gasteiger partial charge in [-0.1, -0.05) is 103 Å². The Balaban J connectivity index is 1.32. The molecular weight excluding hydrogens is 597 g/mol. The van der Waals surface area contributed by atoms with E-state index in [9.17, 15) is 10.5 Å². The third-order valence-electron chi connectivity index (χ3n) is 9.62. The SMILES string of the molecule is Cc1ccc2c(c1)c1ccccc1n2-c1c(C#N)cc(C#N)cc1-c1ccccc1-c1cccc(-n2c3ccccc3c3ccccc32)c1. The maximum atomic E-state index is 10.6. The molecule has 0 fully saturated rings. The second-order valence-electron chi connectivity index (χ2n) is 12.5. The van der Waals surface area contributed by atoms with Crippen LogP contribution in [0.2, 0.25) is 0 Å². The minimum atomic E-state index is 0.445. The summed E-state index contributed by atoms with van der Waals surface area (Å²) in [6.07, 6.45) is 0. The number of fused-ring (bicyclic) bond motifs is 6. The highest BCUT2D eigenvalue weighted by atomic mass is 15.0. The summed E-state index contributed by atoms with van der Waals surface area (Å²) in [5.41, 5.74) is 12.1. The number of aromatic nitrogens is 2. The molecule has 0 spiro atoms. The van der Waals surface area contributed by atoms with Crippen LogP contribution in [0.25, 0.3) is 77.2 Å². The van der Waals surface area contributed by atoms with Gasteiger partial charge < -0.3 is 9.13 Å². The molecule has 7 aromatic carbocycles. The summed E-state index contributed by atoms with van der Waals surface area (Å²) < 4.78 is 4.52. The van der Waals surface area contributed by atoms with Gasteiger partial charge in [0.1, 0.15) is 6.07 Å². The van der Waals surface area contributed by atoms with Gasteiger partial charge in [0.15, 0.2) is 0 Å². The van der Waals surface area contributed by atoms with Crippen LogP contribution in [-0.4, -0.2) is 9.13 Å². The molecule has 0 saturated heterocycles. The third-order valence-corrected chi connectivity index (χ3v) is 9.62. The molecule has 0 N–H and O–H groups in total. The average molecular weight is 625 g/mol. The summed E-state index contributed by atoms with van der Waals surface area (Å²) in [5, 5.41) is 25.5. The summed E-state index contributed by atoms with van der Waals surface area (Å²) in [5.74, 6) is 0. The molecule has 0 unspecified atom stereocenters. The van der Waals surface area contributed by atoms with Crippen molar-refractivity contribution >= 4 is 43.6 Å². The Morgan fingerprint density at radius 1 is 0.449 bits per heavy atom. The molecule has 0 aliphatic heterocycles. The van der Waals surface area contributed by atoms with Gasteiger partial charge in [-0.25, -0.2) is 0 Å². The molecule has 49 heavy (non-hydrogen) atoms. The van der Waals surface area contributed by atoms with Crippen molar-refractivity contribution in [1.82, 2.24) is 9.13 Å². The number of benzene rings is 7. The van der Waals surface area contributed by atoms with Crippen LogP contribution < -0.4 is 0 Å². The topological polar surface area (TPSA) is 57.4 Å². The largest absolute Gasteiger partial charge is 0.309 e. The second-order valence-corrected chi connectivity index (χ2v) is 12.5. The molecule has 4 heteroatoms. The van der Waals surface area contributed by atoms with Gasteiger partial charge in [-0.3, -0.25) is 0 Å². The molecule has 0 atom stereocenters. The highest BCUT2D eigenvalue weighted by Crippen LogP contribution is 2.42. The van der Waals surface area contributed by atoms with Gasteiger partial charge in [0, 0.05) is 32.8 Å². The lowest BCUT2D eigenvalue weighted by atomic mass is 9.90. The van der Waals surface area contributed by atoms with Gasteiger partial charge in [-0.2, -0.15) is 10.5 Å². The highest BCUT2D eigenvalue weighted by molar-refractivity contribution is 6.11. The Labute approximate surface area is 283 Å². The van der Waals surface area contributed by atoms with Gasteiger partial charge >= 0.3 is 0 Å². The van der Waals surface area contributed by atoms with Crippen molar-refractivity contribution in [3.63, 3.8) is 0 Å². The Morgan fingerprint density at radius 2 is 1.04 bits per heavy atom. The minimum absolute atomic E-state index is 0.445. The fourth-order valence-corrected chi connectivity index (χ4v) is 7.54. The van der Waals surface area contributed by atoms with E-state index in [1.165, 1.54) is 16.3 Å². The highest BCUT2D eigenvalue weighted by Gasteiger charge is 2.22. The van der Waals surface area contributed by atoms with E-state index in [4.69, 9.17) is 0 Å². The number of nitrogens with zero attached hydrogens (tertiary/aromatic N) is 4. The van der Waals surface area contributed by atoms with E-state index in [1.54, 1.807) is 6.07 Å². The molecule has 2 aromatic heterocycles. The number of aryl methyl sites for hydroxylation is 1. The number of nitriles is 2. The number of rotatable bonds is 4. The first-order valence-electron chi connectivity index (χ1n) is 16.3. The van der Waals surface area contributed by atoms with E-state index < -0.39 is 0 Å². The molecule has 0 aliphatic rings. The molecular formula is C45H28N4. The lowest BCUT2D eigenvalue weighted by Crippen LogP contribution is -2.03. The summed E-state index contributed by atoms with van der Waals surface area (Å²) >= 11 is 0. The Hall–Kier alpha value is -6.88. The van der Waals surface area contributed by atoms with Crippen LogP contribution in [0, 0.1) is 29.6 Å². The van der Waals surface area contributed by atoms with Crippen LogP contribution in [0.3, 0.4) is 0 Å². The zero-order valence-electron chi connectivity index (χ0n) is 26.7. The predicted molar refractivity (Wildman–Crippen MR) is 200 cm³/mol. The normalized spacial score (nSPS) is 11.3. The van der Waals surface area contributed by atoms with Crippen molar-refractivity contribution in [2.75, 3.05) is 0 Å². The summed E-state index contributed by atoms with van der Waals surface area (Å²) in [7, 11) is 0. The van der Waals surface area contributed by atoms with Gasteiger partial charge in [-0.05, 0) is 78.2 Å². The van der Waals surface area contributed by atoms with Crippen LogP contribution in [0.15, 0.2) is 152 Å². The van der Waals surface area contributed by atoms with Gasteiger partial charge in [0.2, 0.25) is 0 Å². The van der Waals surface area contributed by atoms with Crippen molar-refractivity contribution in [2.24, 2.45) is 0 Å². The molecule has 2 heterocycles. The number of hydrogen-bond donors (Lipinski definition) is 0. The lowest BCUT2D eigenvalue weighted by molar-refractivity contribution is 1.17. The number of hydrogen-bond acceptors (Lipinski definition) is 2. The number of para-hydroxylation sites is 3. The fourth-order valence-electron chi connectivity index (χ4n) is 7.54. The van der Waals surface area contributed by atoms with Crippen LogP contribution in [0.5, 0.6) is 0 Å². The Morgan fingerprint density at radius 3 is 1.71 bits per heavy atom. The first-order chi connectivity index (χ1) is 24.1. The fraction of sp³-hybridized carbons (Fsp3) is 0.0222. The van der Waals surface area contributed by atoms with Crippen molar-refractivity contribution in [3.8, 4) is 45.8 Å². The van der Waals surface area contributed by atoms with Crippen LogP contribution in [0.1, 0.15) is 16.7 Å². The van der Waals surface area contributed by atoms with Crippen LogP contribution in [-0.2, 0) is 0 Å². The van der Waals surface area contributed by atoms with E-state index in [0.29, 0.717) is 11.1 Å². The summed E-state index contributed by atoms with van der Waals surface area (Å²) in [4.78, 5) is 0. The quantitative estimate of drug-likeness (QED) is 0.196. The van der Waals surface area contributed by atoms with Crippen molar-refractivity contribution in [1.29, 1.82) is 10.5 Å². The molecule has 9 rings (SSSR count). The Bertz CT molecular complexity index is 2820. The summed E-state index contributed by atoms with van der Waals surface area (Å²) in [6.45, 7) is 2.10. The first-order valence-corrected chi connectivity index (χ1v) is 16.3. The molecule has 0 aliphatic carbocycles. The monoisotopic (exact) mass is 624 g/mol. The van der Waals surface area contributed by atoms with E-state index in [2.05, 4.69) is 150 Å². The van der Waals surface area contributed by atoms with Gasteiger partial charge in [0.05, 0.1) is 45.0 Å². The molecule has 9 aromatic rings. The standard InChI is InChI=1S/C45H28N4/c1-29-21-22-44-39(23-29)38-17-6-9-20-43(38)49(44)45-32(28-47)24-30(27-46)25-40(45)35-14-3-2-13-34(35)31-11-10-12-33(26-31)48-41-18-7-4-15-36(41)37-16-5-8-19-42(37)48/h2-26H,1H3. The molecule has 0 radical (unpaired) electrons. The molecule has 4 nitrogen and oxygen atoms in total. The zero-order chi connectivity index (χ0) is 33.1. The smallest absolute Gasteiger partial charge is 0.101 e. The molecule has 0 bridgehead atoms. The van der Waals surface area contributed by atoms with Gasteiger partial charge in [0.25, 0.3) is 0 Å². The van der Waals surface area contributed by atoms with Crippen LogP contribution in [0.4, 0.5) is 0 Å². The maximum absolute atomic E-state index is 10.6. The second kappa shape index (κ2) is 11.1. The third kappa shape index (κ3) is 4.36. The molecule has 0 saturated carbocycles. The predicted octanol–water partition coefficient (Wildman–Crippen LogP) is 11.3. The van der Waals surface area contributed by atoms with E-state index in [-0.39, 0.29) is 0 Å². The van der Waals surface area contributed by atoms with E-state index >= 15 is 0 Å². The average Bonchev–Trinajstić information content (AvgIpc) is 3.67. The summed E-state index contributed by atoms with van der Waals surface area (Å²) in [6, 6.07) is 57.2. The molecule has 228 valence electrons.